The van der Waals surface area contributed by atoms with Crippen LogP contribution < -0.4 is 4.74 Å². The highest BCUT2D eigenvalue weighted by molar-refractivity contribution is 6.31. The van der Waals surface area contributed by atoms with Crippen LogP contribution in [-0.2, 0) is 11.3 Å². The van der Waals surface area contributed by atoms with E-state index in [9.17, 15) is 4.79 Å². The van der Waals surface area contributed by atoms with Crippen molar-refractivity contribution in [3.63, 3.8) is 0 Å². The number of amides is 1. The van der Waals surface area contributed by atoms with Crippen LogP contribution in [0.25, 0.3) is 0 Å². The lowest BCUT2D eigenvalue weighted by molar-refractivity contribution is -0.133. The number of aromatic nitrogens is 2. The molecule has 1 unspecified atom stereocenters. The SMILES string of the molecule is COc1cccc(C2CCCN2C(=O)Cn2nc(C)c(Cl)c2C)c1. The minimum absolute atomic E-state index is 0.0718. The Morgan fingerprint density at radius 2 is 2.21 bits per heavy atom. The Labute approximate surface area is 147 Å². The third-order valence-electron chi connectivity index (χ3n) is 4.63. The molecule has 1 fully saturated rings. The highest BCUT2D eigenvalue weighted by Gasteiger charge is 2.30. The van der Waals surface area contributed by atoms with Crippen LogP contribution in [0, 0.1) is 13.8 Å². The predicted octanol–water partition coefficient (Wildman–Crippen LogP) is 3.53. The van der Waals surface area contributed by atoms with Gasteiger partial charge in [-0.1, -0.05) is 23.7 Å². The molecule has 0 saturated carbocycles. The third-order valence-corrected chi connectivity index (χ3v) is 5.18. The average Bonchev–Trinajstić information content (AvgIpc) is 3.17. The lowest BCUT2D eigenvalue weighted by atomic mass is 10.0. The Morgan fingerprint density at radius 1 is 1.42 bits per heavy atom. The Hall–Kier alpha value is -2.01. The normalized spacial score (nSPS) is 17.3. The fourth-order valence-corrected chi connectivity index (χ4v) is 3.44. The Morgan fingerprint density at radius 3 is 2.88 bits per heavy atom. The lowest BCUT2D eigenvalue weighted by Crippen LogP contribution is -2.34. The average molecular weight is 348 g/mol. The van der Waals surface area contributed by atoms with Gasteiger partial charge in [0.15, 0.2) is 0 Å². The zero-order chi connectivity index (χ0) is 17.3. The zero-order valence-electron chi connectivity index (χ0n) is 14.3. The molecule has 0 aliphatic carbocycles. The summed E-state index contributed by atoms with van der Waals surface area (Å²) in [6.45, 7) is 4.73. The summed E-state index contributed by atoms with van der Waals surface area (Å²) in [5.74, 6) is 0.889. The lowest BCUT2D eigenvalue weighted by Gasteiger charge is -2.25. The van der Waals surface area contributed by atoms with Gasteiger partial charge in [0.2, 0.25) is 5.91 Å². The second-order valence-corrected chi connectivity index (χ2v) is 6.54. The molecule has 5 nitrogen and oxygen atoms in total. The van der Waals surface area contributed by atoms with E-state index in [1.807, 2.05) is 36.9 Å². The smallest absolute Gasteiger partial charge is 0.244 e. The van der Waals surface area contributed by atoms with E-state index >= 15 is 0 Å². The first-order valence-corrected chi connectivity index (χ1v) is 8.52. The van der Waals surface area contributed by atoms with Crippen LogP contribution in [0.1, 0.15) is 35.8 Å². The van der Waals surface area contributed by atoms with Crippen molar-refractivity contribution in [3.05, 3.63) is 46.2 Å². The first kappa shape index (κ1) is 16.8. The molecule has 0 radical (unpaired) electrons. The summed E-state index contributed by atoms with van der Waals surface area (Å²) in [6, 6.07) is 8.05. The summed E-state index contributed by atoms with van der Waals surface area (Å²) in [6.07, 6.45) is 1.97. The van der Waals surface area contributed by atoms with Crippen LogP contribution in [0.2, 0.25) is 5.02 Å². The third kappa shape index (κ3) is 3.13. The van der Waals surface area contributed by atoms with Gasteiger partial charge in [0.1, 0.15) is 12.3 Å². The van der Waals surface area contributed by atoms with Gasteiger partial charge in [-0.25, -0.2) is 0 Å². The van der Waals surface area contributed by atoms with Crippen LogP contribution in [0.4, 0.5) is 0 Å². The number of nitrogens with zero attached hydrogens (tertiary/aromatic N) is 3. The van der Waals surface area contributed by atoms with Crippen molar-refractivity contribution in [2.45, 2.75) is 39.3 Å². The van der Waals surface area contributed by atoms with Gasteiger partial charge in [-0.15, -0.1) is 0 Å². The van der Waals surface area contributed by atoms with Crippen LogP contribution in [-0.4, -0.2) is 34.2 Å². The predicted molar refractivity (Wildman–Crippen MR) is 93.4 cm³/mol. The van der Waals surface area contributed by atoms with Crippen molar-refractivity contribution in [1.82, 2.24) is 14.7 Å². The van der Waals surface area contributed by atoms with E-state index in [-0.39, 0.29) is 18.5 Å². The van der Waals surface area contributed by atoms with Crippen molar-refractivity contribution in [3.8, 4) is 5.75 Å². The maximum absolute atomic E-state index is 12.8. The highest BCUT2D eigenvalue weighted by atomic mass is 35.5. The number of hydrogen-bond acceptors (Lipinski definition) is 3. The van der Waals surface area contributed by atoms with Crippen molar-refractivity contribution >= 4 is 17.5 Å². The number of hydrogen-bond donors (Lipinski definition) is 0. The molecule has 0 N–H and O–H groups in total. The van der Waals surface area contributed by atoms with Gasteiger partial charge >= 0.3 is 0 Å². The fraction of sp³-hybridized carbons (Fsp3) is 0.444. The number of ether oxygens (including phenoxy) is 1. The van der Waals surface area contributed by atoms with Gasteiger partial charge in [0, 0.05) is 6.54 Å². The second-order valence-electron chi connectivity index (χ2n) is 6.16. The Bertz CT molecular complexity index is 757. The van der Waals surface area contributed by atoms with Crippen molar-refractivity contribution < 1.29 is 9.53 Å². The maximum atomic E-state index is 12.8. The summed E-state index contributed by atoms with van der Waals surface area (Å²) in [5, 5.41) is 5.00. The van der Waals surface area contributed by atoms with E-state index in [0.29, 0.717) is 5.02 Å². The quantitative estimate of drug-likeness (QED) is 0.850. The number of aryl methyl sites for hydroxylation is 1. The van der Waals surface area contributed by atoms with E-state index < -0.39 is 0 Å². The standard InChI is InChI=1S/C18H22ClN3O2/c1-12-18(19)13(2)22(20-12)11-17(23)21-9-5-8-16(21)14-6-4-7-15(10-14)24-3/h4,6-7,10,16H,5,8-9,11H2,1-3H3. The van der Waals surface area contributed by atoms with E-state index in [0.717, 1.165) is 42.1 Å². The summed E-state index contributed by atoms with van der Waals surface area (Å²) < 4.78 is 7.00. The molecule has 1 atom stereocenters. The van der Waals surface area contributed by atoms with E-state index in [1.54, 1.807) is 11.8 Å². The summed E-state index contributed by atoms with van der Waals surface area (Å²) in [4.78, 5) is 14.8. The van der Waals surface area contributed by atoms with Crippen molar-refractivity contribution in [1.29, 1.82) is 0 Å². The van der Waals surface area contributed by atoms with E-state index in [4.69, 9.17) is 16.3 Å². The molecule has 0 bridgehead atoms. The summed E-state index contributed by atoms with van der Waals surface area (Å²) in [7, 11) is 1.66. The maximum Gasteiger partial charge on any atom is 0.244 e. The van der Waals surface area contributed by atoms with Crippen molar-refractivity contribution in [2.24, 2.45) is 0 Å². The second kappa shape index (κ2) is 6.85. The molecule has 24 heavy (non-hydrogen) atoms. The van der Waals surface area contributed by atoms with Gasteiger partial charge in [-0.3, -0.25) is 9.48 Å². The minimum Gasteiger partial charge on any atom is -0.497 e. The molecule has 6 heteroatoms. The molecular weight excluding hydrogens is 326 g/mol. The number of benzene rings is 1. The molecule has 1 aliphatic heterocycles. The molecule has 3 rings (SSSR count). The summed E-state index contributed by atoms with van der Waals surface area (Å²) in [5.41, 5.74) is 2.71. The molecule has 2 heterocycles. The Kier molecular flexibility index (Phi) is 4.81. The highest BCUT2D eigenvalue weighted by Crippen LogP contribution is 2.33. The molecule has 1 amide bonds. The fourth-order valence-electron chi connectivity index (χ4n) is 3.31. The minimum atomic E-state index is 0.0718. The van der Waals surface area contributed by atoms with Gasteiger partial charge < -0.3 is 9.64 Å². The molecule has 1 aromatic heterocycles. The first-order chi connectivity index (χ1) is 11.5. The van der Waals surface area contributed by atoms with Crippen LogP contribution in [0.3, 0.4) is 0 Å². The molecule has 0 spiro atoms. The Balaban J connectivity index is 1.79. The monoisotopic (exact) mass is 347 g/mol. The van der Waals surface area contributed by atoms with E-state index in [1.165, 1.54) is 0 Å². The van der Waals surface area contributed by atoms with Crippen LogP contribution in [0.15, 0.2) is 24.3 Å². The number of methoxy groups -OCH3 is 1. The number of carbonyl (C=O) groups is 1. The topological polar surface area (TPSA) is 47.4 Å². The number of rotatable bonds is 4. The number of carbonyl (C=O) groups excluding carboxylic acids is 1. The molecule has 2 aromatic rings. The van der Waals surface area contributed by atoms with E-state index in [2.05, 4.69) is 11.2 Å². The van der Waals surface area contributed by atoms with Gasteiger partial charge in [-0.2, -0.15) is 5.10 Å². The largest absolute Gasteiger partial charge is 0.497 e. The van der Waals surface area contributed by atoms with Gasteiger partial charge in [0.05, 0.1) is 29.6 Å². The summed E-state index contributed by atoms with van der Waals surface area (Å²) >= 11 is 6.18. The van der Waals surface area contributed by atoms with Gasteiger partial charge in [0.25, 0.3) is 0 Å². The first-order valence-electron chi connectivity index (χ1n) is 8.14. The zero-order valence-corrected chi connectivity index (χ0v) is 15.0. The molecular formula is C18H22ClN3O2. The van der Waals surface area contributed by atoms with Crippen LogP contribution >= 0.6 is 11.6 Å². The molecule has 128 valence electrons. The number of likely N-dealkylation sites (tertiary alicyclic amines) is 1. The molecule has 1 aromatic carbocycles. The number of halogens is 1. The molecule has 1 saturated heterocycles. The van der Waals surface area contributed by atoms with Gasteiger partial charge in [-0.05, 0) is 44.4 Å². The van der Waals surface area contributed by atoms with Crippen molar-refractivity contribution in [2.75, 3.05) is 13.7 Å². The molecule has 1 aliphatic rings. The van der Waals surface area contributed by atoms with Crippen LogP contribution in [0.5, 0.6) is 5.75 Å².